The van der Waals surface area contributed by atoms with Gasteiger partial charge in [-0.2, -0.15) is 0 Å². The van der Waals surface area contributed by atoms with Crippen LogP contribution in [-0.4, -0.2) is 35.3 Å². The van der Waals surface area contributed by atoms with Gasteiger partial charge < -0.3 is 10.1 Å². The van der Waals surface area contributed by atoms with Gasteiger partial charge in [0.2, 0.25) is 0 Å². The van der Waals surface area contributed by atoms with Crippen LogP contribution in [0.15, 0.2) is 54.9 Å². The van der Waals surface area contributed by atoms with E-state index >= 15 is 0 Å². The quantitative estimate of drug-likeness (QED) is 0.483. The summed E-state index contributed by atoms with van der Waals surface area (Å²) < 4.78 is 45.9. The first-order valence-electron chi connectivity index (χ1n) is 9.18. The predicted molar refractivity (Wildman–Crippen MR) is 109 cm³/mol. The van der Waals surface area contributed by atoms with Crippen molar-refractivity contribution in [2.75, 3.05) is 25.6 Å². The molecule has 0 amide bonds. The monoisotopic (exact) mass is 410 g/mol. The van der Waals surface area contributed by atoms with Crippen LogP contribution in [-0.2, 0) is 0 Å². The smallest absolute Gasteiger partial charge is 0.163 e. The number of nitrogens with one attached hydrogen (secondary N) is 1. The van der Waals surface area contributed by atoms with Crippen molar-refractivity contribution in [2.24, 2.45) is 0 Å². The number of rotatable bonds is 6. The number of alkyl halides is 1. The van der Waals surface area contributed by atoms with Crippen molar-refractivity contribution >= 4 is 16.7 Å². The largest absolute Gasteiger partial charge is 0.489 e. The van der Waals surface area contributed by atoms with E-state index in [0.717, 1.165) is 6.07 Å². The minimum atomic E-state index is -0.701. The molecule has 30 heavy (non-hydrogen) atoms. The molecule has 2 heterocycles. The Morgan fingerprint density at radius 2 is 1.73 bits per heavy atom. The standard InChI is InChI=1S/C22H17F3N4O/c1-26-22-18-9-15(14-7-16(24)11-17(25)8-14)10-19(30-6-4-23)20(18)28-21(29-22)13-3-2-5-27-12-13/h2-3,5,7-12H,4,6H2,1H3,(H,26,28,29). The SMILES string of the molecule is CNc1nc(-c2cccnc2)nc2c(OCCF)cc(-c3cc(F)cc(F)c3)cc12. The summed E-state index contributed by atoms with van der Waals surface area (Å²) in [7, 11) is 1.70. The molecule has 0 unspecified atom stereocenters. The van der Waals surface area contributed by atoms with E-state index in [2.05, 4.69) is 20.3 Å². The molecule has 8 heteroatoms. The van der Waals surface area contributed by atoms with Crippen LogP contribution in [0.1, 0.15) is 0 Å². The number of fused-ring (bicyclic) bond motifs is 1. The first-order valence-corrected chi connectivity index (χ1v) is 9.18. The normalized spacial score (nSPS) is 10.9. The Labute approximate surface area is 170 Å². The van der Waals surface area contributed by atoms with Crippen molar-refractivity contribution in [2.45, 2.75) is 0 Å². The minimum absolute atomic E-state index is 0.183. The highest BCUT2D eigenvalue weighted by Gasteiger charge is 2.16. The van der Waals surface area contributed by atoms with Gasteiger partial charge in [-0.1, -0.05) is 0 Å². The average Bonchev–Trinajstić information content (AvgIpc) is 2.76. The summed E-state index contributed by atoms with van der Waals surface area (Å²) >= 11 is 0. The average molecular weight is 410 g/mol. The van der Waals surface area contributed by atoms with Crippen LogP contribution in [0.2, 0.25) is 0 Å². The van der Waals surface area contributed by atoms with Gasteiger partial charge in [0.15, 0.2) is 5.82 Å². The Hall–Kier alpha value is -3.68. The topological polar surface area (TPSA) is 59.9 Å². The van der Waals surface area contributed by atoms with Crippen molar-refractivity contribution in [3.63, 3.8) is 0 Å². The van der Waals surface area contributed by atoms with Crippen molar-refractivity contribution in [3.05, 3.63) is 66.5 Å². The van der Waals surface area contributed by atoms with Gasteiger partial charge in [0.1, 0.15) is 42.0 Å². The minimum Gasteiger partial charge on any atom is -0.489 e. The molecule has 5 nitrogen and oxygen atoms in total. The van der Waals surface area contributed by atoms with Gasteiger partial charge in [-0.05, 0) is 47.5 Å². The summed E-state index contributed by atoms with van der Waals surface area (Å²) in [6.07, 6.45) is 3.27. The third-order valence-corrected chi connectivity index (χ3v) is 4.45. The number of nitrogens with zero attached hydrogens (tertiary/aromatic N) is 3. The molecule has 0 aliphatic carbocycles. The molecule has 0 saturated heterocycles. The molecule has 0 radical (unpaired) electrons. The number of anilines is 1. The molecule has 152 valence electrons. The van der Waals surface area contributed by atoms with Gasteiger partial charge in [0.05, 0.1) is 0 Å². The molecule has 4 rings (SSSR count). The Morgan fingerprint density at radius 1 is 0.967 bits per heavy atom. The maximum Gasteiger partial charge on any atom is 0.163 e. The highest BCUT2D eigenvalue weighted by molar-refractivity contribution is 5.97. The summed E-state index contributed by atoms with van der Waals surface area (Å²) in [4.78, 5) is 13.2. The molecule has 4 aromatic rings. The van der Waals surface area contributed by atoms with Crippen LogP contribution in [0.3, 0.4) is 0 Å². The molecule has 0 spiro atoms. The van der Waals surface area contributed by atoms with Crippen LogP contribution < -0.4 is 10.1 Å². The van der Waals surface area contributed by atoms with Crippen molar-refractivity contribution in [1.82, 2.24) is 15.0 Å². The Kier molecular flexibility index (Phi) is 5.47. The molecule has 2 aromatic carbocycles. The molecular formula is C22H17F3N4O. The number of halogens is 3. The van der Waals surface area contributed by atoms with Crippen molar-refractivity contribution < 1.29 is 17.9 Å². The molecule has 0 atom stereocenters. The Balaban J connectivity index is 1.97. The van der Waals surface area contributed by atoms with Crippen LogP contribution in [0, 0.1) is 11.6 Å². The van der Waals surface area contributed by atoms with E-state index in [1.54, 1.807) is 37.6 Å². The number of hydrogen-bond acceptors (Lipinski definition) is 5. The zero-order valence-electron chi connectivity index (χ0n) is 16.0. The highest BCUT2D eigenvalue weighted by Crippen LogP contribution is 2.36. The number of pyridine rings is 1. The summed E-state index contributed by atoms with van der Waals surface area (Å²) in [5.41, 5.74) is 1.95. The van der Waals surface area contributed by atoms with Gasteiger partial charge in [0, 0.05) is 36.5 Å². The number of benzene rings is 2. The Morgan fingerprint density at radius 3 is 2.40 bits per heavy atom. The van der Waals surface area contributed by atoms with Gasteiger partial charge in [-0.25, -0.2) is 23.1 Å². The second-order valence-electron chi connectivity index (χ2n) is 6.45. The summed E-state index contributed by atoms with van der Waals surface area (Å²) in [6, 6.07) is 10.1. The van der Waals surface area contributed by atoms with E-state index in [9.17, 15) is 13.2 Å². The first-order chi connectivity index (χ1) is 14.6. The van der Waals surface area contributed by atoms with Gasteiger partial charge >= 0.3 is 0 Å². The second kappa shape index (κ2) is 8.36. The number of aromatic nitrogens is 3. The van der Waals surface area contributed by atoms with Crippen LogP contribution in [0.5, 0.6) is 5.75 Å². The fraction of sp³-hybridized carbons (Fsp3) is 0.136. The Bertz CT molecular complexity index is 1180. The number of ether oxygens (including phenoxy) is 1. The highest BCUT2D eigenvalue weighted by atomic mass is 19.1. The second-order valence-corrected chi connectivity index (χ2v) is 6.45. The fourth-order valence-corrected chi connectivity index (χ4v) is 3.16. The summed E-state index contributed by atoms with van der Waals surface area (Å²) in [6.45, 7) is -0.878. The maximum absolute atomic E-state index is 13.8. The zero-order valence-corrected chi connectivity index (χ0v) is 16.0. The zero-order chi connectivity index (χ0) is 21.1. The summed E-state index contributed by atoms with van der Waals surface area (Å²) in [5.74, 6) is -0.215. The third kappa shape index (κ3) is 3.89. The lowest BCUT2D eigenvalue weighted by Crippen LogP contribution is -2.04. The lowest BCUT2D eigenvalue weighted by molar-refractivity contribution is 0.275. The molecule has 0 aliphatic rings. The fourth-order valence-electron chi connectivity index (χ4n) is 3.16. The molecular weight excluding hydrogens is 393 g/mol. The van der Waals surface area contributed by atoms with Gasteiger partial charge in [0.25, 0.3) is 0 Å². The van der Waals surface area contributed by atoms with Crippen LogP contribution in [0.4, 0.5) is 19.0 Å². The van der Waals surface area contributed by atoms with E-state index in [4.69, 9.17) is 4.74 Å². The van der Waals surface area contributed by atoms with Crippen molar-refractivity contribution in [1.29, 1.82) is 0 Å². The van der Waals surface area contributed by atoms with Crippen molar-refractivity contribution in [3.8, 4) is 28.3 Å². The molecule has 0 aliphatic heterocycles. The van der Waals surface area contributed by atoms with Crippen LogP contribution >= 0.6 is 0 Å². The van der Waals surface area contributed by atoms with Gasteiger partial charge in [-0.15, -0.1) is 0 Å². The van der Waals surface area contributed by atoms with E-state index < -0.39 is 18.3 Å². The van der Waals surface area contributed by atoms with E-state index in [0.29, 0.717) is 39.2 Å². The van der Waals surface area contributed by atoms with E-state index in [1.165, 1.54) is 12.1 Å². The summed E-state index contributed by atoms with van der Waals surface area (Å²) in [5, 5.41) is 3.59. The predicted octanol–water partition coefficient (Wildman–Crippen LogP) is 5.03. The van der Waals surface area contributed by atoms with E-state index in [1.807, 2.05) is 6.07 Å². The van der Waals surface area contributed by atoms with Crippen LogP contribution in [0.25, 0.3) is 33.4 Å². The molecule has 0 fully saturated rings. The van der Waals surface area contributed by atoms with Gasteiger partial charge in [-0.3, -0.25) is 4.98 Å². The maximum atomic E-state index is 13.8. The third-order valence-electron chi connectivity index (χ3n) is 4.45. The molecule has 1 N–H and O–H groups in total. The molecule has 0 saturated carbocycles. The molecule has 0 bridgehead atoms. The lowest BCUT2D eigenvalue weighted by Gasteiger charge is -2.14. The number of hydrogen-bond donors (Lipinski definition) is 1. The van der Waals surface area contributed by atoms with E-state index in [-0.39, 0.29) is 12.4 Å². The molecule has 2 aromatic heterocycles. The lowest BCUT2D eigenvalue weighted by atomic mass is 10.0. The first kappa shape index (κ1) is 19.6.